The molecule has 0 atom stereocenters. The maximum Gasteiger partial charge on any atom is 0.416 e. The Kier molecular flexibility index (Phi) is 6.07. The Balaban J connectivity index is 1.50. The smallest absolute Gasteiger partial charge is 0.356 e. The van der Waals surface area contributed by atoms with Gasteiger partial charge in [-0.1, -0.05) is 12.1 Å². The van der Waals surface area contributed by atoms with E-state index in [4.69, 9.17) is 0 Å². The van der Waals surface area contributed by atoms with Crippen LogP contribution in [0, 0.1) is 13.8 Å². The number of carbonyl (C=O) groups excluding carboxylic acids is 1. The summed E-state index contributed by atoms with van der Waals surface area (Å²) in [5, 5.41) is 3.33. The first-order valence-electron chi connectivity index (χ1n) is 9.07. The molecule has 2 N–H and O–H groups in total. The summed E-state index contributed by atoms with van der Waals surface area (Å²) < 4.78 is 37.7. The molecule has 2 aromatic heterocycles. The maximum atomic E-state index is 12.6. The summed E-state index contributed by atoms with van der Waals surface area (Å²) in [7, 11) is 0. The van der Waals surface area contributed by atoms with Gasteiger partial charge in [0.25, 0.3) is 5.56 Å². The summed E-state index contributed by atoms with van der Waals surface area (Å²) in [6.45, 7) is 4.14. The Hall–Kier alpha value is -2.68. The van der Waals surface area contributed by atoms with Crippen molar-refractivity contribution in [2.24, 2.45) is 0 Å². The first-order chi connectivity index (χ1) is 13.6. The maximum absolute atomic E-state index is 12.6. The van der Waals surface area contributed by atoms with Gasteiger partial charge in [0.1, 0.15) is 10.7 Å². The third-order valence-corrected chi connectivity index (χ3v) is 5.80. The molecule has 29 heavy (non-hydrogen) atoms. The first-order valence-corrected chi connectivity index (χ1v) is 9.88. The molecule has 0 fully saturated rings. The van der Waals surface area contributed by atoms with Crippen molar-refractivity contribution in [3.63, 3.8) is 0 Å². The van der Waals surface area contributed by atoms with Gasteiger partial charge in [0.15, 0.2) is 0 Å². The fraction of sp³-hybridized carbons (Fsp3) is 0.350. The molecule has 1 amide bonds. The van der Waals surface area contributed by atoms with Crippen molar-refractivity contribution in [1.82, 2.24) is 15.3 Å². The lowest BCUT2D eigenvalue weighted by Gasteiger charge is -2.08. The van der Waals surface area contributed by atoms with Gasteiger partial charge in [-0.3, -0.25) is 9.59 Å². The van der Waals surface area contributed by atoms with Crippen molar-refractivity contribution in [2.75, 3.05) is 6.54 Å². The van der Waals surface area contributed by atoms with E-state index in [-0.39, 0.29) is 17.9 Å². The van der Waals surface area contributed by atoms with E-state index in [1.54, 1.807) is 0 Å². The second-order valence-corrected chi connectivity index (χ2v) is 7.97. The predicted molar refractivity (Wildman–Crippen MR) is 106 cm³/mol. The molecule has 0 saturated heterocycles. The first kappa shape index (κ1) is 21.0. The van der Waals surface area contributed by atoms with Crippen LogP contribution < -0.4 is 10.9 Å². The van der Waals surface area contributed by atoms with Gasteiger partial charge in [0.2, 0.25) is 5.91 Å². The highest BCUT2D eigenvalue weighted by Gasteiger charge is 2.29. The Bertz CT molecular complexity index is 1090. The van der Waals surface area contributed by atoms with Crippen molar-refractivity contribution in [3.8, 4) is 0 Å². The lowest BCUT2D eigenvalue weighted by atomic mass is 10.1. The summed E-state index contributed by atoms with van der Waals surface area (Å²) in [6.07, 6.45) is -3.47. The number of aromatic amines is 1. The van der Waals surface area contributed by atoms with E-state index in [0.29, 0.717) is 41.0 Å². The van der Waals surface area contributed by atoms with Crippen molar-refractivity contribution >= 4 is 27.5 Å². The molecule has 5 nitrogen and oxygen atoms in total. The van der Waals surface area contributed by atoms with E-state index >= 15 is 0 Å². The number of fused-ring (bicyclic) bond motifs is 1. The topological polar surface area (TPSA) is 74.8 Å². The van der Waals surface area contributed by atoms with Crippen LogP contribution in [0.5, 0.6) is 0 Å². The van der Waals surface area contributed by atoms with Crippen LogP contribution in [-0.4, -0.2) is 22.4 Å². The number of rotatable bonds is 6. The van der Waals surface area contributed by atoms with E-state index in [1.807, 2.05) is 13.8 Å². The van der Waals surface area contributed by atoms with E-state index in [9.17, 15) is 22.8 Å². The molecular formula is C20H20F3N3O2S. The van der Waals surface area contributed by atoms with Gasteiger partial charge in [-0.25, -0.2) is 4.98 Å². The van der Waals surface area contributed by atoms with Crippen LogP contribution in [0.2, 0.25) is 0 Å². The summed E-state index contributed by atoms with van der Waals surface area (Å²) in [5.74, 6) is 0.250. The van der Waals surface area contributed by atoms with Crippen LogP contribution in [0.1, 0.15) is 33.8 Å². The Morgan fingerprint density at radius 1 is 1.17 bits per heavy atom. The molecule has 3 rings (SSSR count). The summed E-state index contributed by atoms with van der Waals surface area (Å²) in [5.41, 5.74) is 0.735. The van der Waals surface area contributed by atoms with E-state index in [1.165, 1.54) is 23.5 Å². The monoisotopic (exact) mass is 423 g/mol. The Morgan fingerprint density at radius 3 is 2.52 bits per heavy atom. The second-order valence-electron chi connectivity index (χ2n) is 6.77. The Labute approximate surface area is 169 Å². The predicted octanol–water partition coefficient (Wildman–Crippen LogP) is 3.91. The minimum Gasteiger partial charge on any atom is -0.356 e. The van der Waals surface area contributed by atoms with Gasteiger partial charge in [-0.2, -0.15) is 13.2 Å². The number of benzene rings is 1. The van der Waals surface area contributed by atoms with Crippen LogP contribution in [0.25, 0.3) is 10.2 Å². The fourth-order valence-corrected chi connectivity index (χ4v) is 3.99. The number of nitrogens with zero attached hydrogens (tertiary/aromatic N) is 1. The van der Waals surface area contributed by atoms with Crippen molar-refractivity contribution in [1.29, 1.82) is 0 Å². The number of thiophene rings is 1. The zero-order valence-electron chi connectivity index (χ0n) is 15.9. The van der Waals surface area contributed by atoms with Crippen molar-refractivity contribution in [2.45, 2.75) is 39.3 Å². The molecule has 0 unspecified atom stereocenters. The zero-order chi connectivity index (χ0) is 21.2. The molecule has 154 valence electrons. The second kappa shape index (κ2) is 8.36. The number of aromatic nitrogens is 2. The molecule has 2 heterocycles. The lowest BCUT2D eigenvalue weighted by molar-refractivity contribution is -0.137. The number of amides is 1. The number of nitrogens with one attached hydrogen (secondary N) is 2. The number of aryl methyl sites for hydroxylation is 3. The van der Waals surface area contributed by atoms with E-state index in [0.717, 1.165) is 22.6 Å². The minimum atomic E-state index is -4.36. The van der Waals surface area contributed by atoms with Gasteiger partial charge >= 0.3 is 6.18 Å². The molecule has 0 spiro atoms. The summed E-state index contributed by atoms with van der Waals surface area (Å²) in [4.78, 5) is 33.1. The third kappa shape index (κ3) is 5.03. The highest BCUT2D eigenvalue weighted by atomic mass is 32.1. The molecule has 0 aliphatic heterocycles. The van der Waals surface area contributed by atoms with Gasteiger partial charge in [0.05, 0.1) is 10.9 Å². The number of halogens is 3. The van der Waals surface area contributed by atoms with Crippen LogP contribution in [-0.2, 0) is 23.8 Å². The molecule has 0 radical (unpaired) electrons. The summed E-state index contributed by atoms with van der Waals surface area (Å²) in [6, 6.07) is 4.88. The number of carbonyl (C=O) groups is 1. The lowest BCUT2D eigenvalue weighted by Crippen LogP contribution is -2.26. The average molecular weight is 423 g/mol. The normalized spacial score (nSPS) is 11.8. The largest absolute Gasteiger partial charge is 0.416 e. The van der Waals surface area contributed by atoms with E-state index < -0.39 is 11.7 Å². The van der Waals surface area contributed by atoms with Crippen molar-refractivity contribution in [3.05, 3.63) is 62.0 Å². The van der Waals surface area contributed by atoms with E-state index in [2.05, 4.69) is 15.3 Å². The standard InChI is InChI=1S/C20H20F3N3O2S/c1-11-12(2)29-19-17(11)18(28)25-15(26-19)7-8-16(27)24-10-9-13-3-5-14(6-4-13)20(21,22)23/h3-6H,7-10H2,1-2H3,(H,24,27)(H,25,26,28). The number of alkyl halides is 3. The van der Waals surface area contributed by atoms with Gasteiger partial charge in [-0.15, -0.1) is 11.3 Å². The quantitative estimate of drug-likeness (QED) is 0.631. The summed E-state index contributed by atoms with van der Waals surface area (Å²) >= 11 is 1.45. The molecule has 0 aliphatic rings. The van der Waals surface area contributed by atoms with Gasteiger partial charge < -0.3 is 10.3 Å². The van der Waals surface area contributed by atoms with Crippen LogP contribution in [0.15, 0.2) is 29.1 Å². The fourth-order valence-electron chi connectivity index (χ4n) is 2.94. The minimum absolute atomic E-state index is 0.158. The molecule has 9 heteroatoms. The molecule has 0 aliphatic carbocycles. The van der Waals surface area contributed by atoms with Gasteiger partial charge in [-0.05, 0) is 43.5 Å². The van der Waals surface area contributed by atoms with Crippen LogP contribution in [0.4, 0.5) is 13.2 Å². The zero-order valence-corrected chi connectivity index (χ0v) is 16.8. The van der Waals surface area contributed by atoms with Crippen LogP contribution >= 0.6 is 11.3 Å². The molecule has 0 saturated carbocycles. The number of H-pyrrole nitrogens is 1. The highest BCUT2D eigenvalue weighted by molar-refractivity contribution is 7.18. The molecular weight excluding hydrogens is 403 g/mol. The average Bonchev–Trinajstić information content (AvgIpc) is 2.94. The third-order valence-electron chi connectivity index (χ3n) is 4.69. The molecule has 3 aromatic rings. The Morgan fingerprint density at radius 2 is 1.86 bits per heavy atom. The number of hydrogen-bond donors (Lipinski definition) is 2. The number of hydrogen-bond acceptors (Lipinski definition) is 4. The van der Waals surface area contributed by atoms with Gasteiger partial charge in [0, 0.05) is 24.3 Å². The van der Waals surface area contributed by atoms with Crippen LogP contribution in [0.3, 0.4) is 0 Å². The SMILES string of the molecule is Cc1sc2nc(CCC(=O)NCCc3ccc(C(F)(F)F)cc3)[nH]c(=O)c2c1C. The van der Waals surface area contributed by atoms with Crippen molar-refractivity contribution < 1.29 is 18.0 Å². The highest BCUT2D eigenvalue weighted by Crippen LogP contribution is 2.29. The molecule has 1 aromatic carbocycles. The molecule has 0 bridgehead atoms.